The van der Waals surface area contributed by atoms with Gasteiger partial charge in [0.15, 0.2) is 0 Å². The minimum absolute atomic E-state index is 0.0251. The van der Waals surface area contributed by atoms with E-state index in [1.807, 2.05) is 31.2 Å². The summed E-state index contributed by atoms with van der Waals surface area (Å²) in [5.74, 6) is 0.346. The summed E-state index contributed by atoms with van der Waals surface area (Å²) in [4.78, 5) is 26.7. The predicted octanol–water partition coefficient (Wildman–Crippen LogP) is 2.31. The molecule has 1 aromatic rings. The van der Waals surface area contributed by atoms with E-state index < -0.39 is 6.04 Å². The first-order chi connectivity index (χ1) is 9.61. The van der Waals surface area contributed by atoms with Gasteiger partial charge in [-0.25, -0.2) is 0 Å². The molecule has 1 aliphatic carbocycles. The Labute approximate surface area is 132 Å². The highest BCUT2D eigenvalue weighted by molar-refractivity contribution is 14.1. The fourth-order valence-electron chi connectivity index (χ4n) is 2.78. The van der Waals surface area contributed by atoms with Crippen LogP contribution in [0, 0.1) is 9.49 Å². The third-order valence-corrected chi connectivity index (χ3v) is 4.65. The van der Waals surface area contributed by atoms with Crippen molar-refractivity contribution >= 4 is 40.1 Å². The molecule has 0 radical (unpaired) electrons. The molecule has 106 valence electrons. The number of nitrogens with one attached hydrogen (secondary N) is 1. The van der Waals surface area contributed by atoms with Crippen LogP contribution in [0.25, 0.3) is 0 Å². The van der Waals surface area contributed by atoms with Gasteiger partial charge in [0.2, 0.25) is 5.91 Å². The molecular weight excluding hydrogens is 367 g/mol. The van der Waals surface area contributed by atoms with E-state index in [0.717, 1.165) is 22.1 Å². The first-order valence-electron chi connectivity index (χ1n) is 7.01. The quantitative estimate of drug-likeness (QED) is 0.814. The number of piperazine rings is 1. The maximum atomic E-state index is 12.7. The van der Waals surface area contributed by atoms with E-state index in [0.29, 0.717) is 12.3 Å². The molecule has 2 aliphatic rings. The van der Waals surface area contributed by atoms with Gasteiger partial charge in [-0.2, -0.15) is 0 Å². The van der Waals surface area contributed by atoms with Crippen LogP contribution in [0.1, 0.15) is 26.2 Å². The van der Waals surface area contributed by atoms with Crippen LogP contribution < -0.4 is 10.2 Å². The van der Waals surface area contributed by atoms with Gasteiger partial charge in [-0.1, -0.05) is 13.0 Å². The van der Waals surface area contributed by atoms with Crippen molar-refractivity contribution in [2.45, 2.75) is 38.3 Å². The Kier molecular flexibility index (Phi) is 3.70. The SMILES string of the molecule is CCC1C(=O)NC(C2CC2)C(=O)N1c1cccc(I)c1. The molecule has 3 rings (SSSR count). The van der Waals surface area contributed by atoms with E-state index in [1.165, 1.54) is 0 Å². The van der Waals surface area contributed by atoms with E-state index in [-0.39, 0.29) is 17.9 Å². The van der Waals surface area contributed by atoms with Crippen molar-refractivity contribution in [2.24, 2.45) is 5.92 Å². The van der Waals surface area contributed by atoms with Gasteiger partial charge in [-0.05, 0) is 66.0 Å². The van der Waals surface area contributed by atoms with Crippen LogP contribution in [0.2, 0.25) is 0 Å². The van der Waals surface area contributed by atoms with Gasteiger partial charge in [0.1, 0.15) is 12.1 Å². The van der Waals surface area contributed by atoms with Gasteiger partial charge in [-0.3, -0.25) is 14.5 Å². The Morgan fingerprint density at radius 3 is 2.70 bits per heavy atom. The van der Waals surface area contributed by atoms with Gasteiger partial charge in [0, 0.05) is 9.26 Å². The summed E-state index contributed by atoms with van der Waals surface area (Å²) >= 11 is 2.23. The second-order valence-electron chi connectivity index (χ2n) is 5.44. The number of anilines is 1. The number of hydrogen-bond acceptors (Lipinski definition) is 2. The van der Waals surface area contributed by atoms with Gasteiger partial charge in [0.05, 0.1) is 0 Å². The topological polar surface area (TPSA) is 49.4 Å². The molecule has 0 aromatic heterocycles. The average molecular weight is 384 g/mol. The molecule has 5 heteroatoms. The van der Waals surface area contributed by atoms with Crippen LogP contribution in [-0.2, 0) is 9.59 Å². The van der Waals surface area contributed by atoms with Crippen molar-refractivity contribution in [3.8, 4) is 0 Å². The lowest BCUT2D eigenvalue weighted by atomic mass is 10.0. The smallest absolute Gasteiger partial charge is 0.250 e. The third-order valence-electron chi connectivity index (χ3n) is 3.98. The molecule has 20 heavy (non-hydrogen) atoms. The van der Waals surface area contributed by atoms with Crippen molar-refractivity contribution < 1.29 is 9.59 Å². The summed E-state index contributed by atoms with van der Waals surface area (Å²) in [6, 6.07) is 7.06. The number of halogens is 1. The van der Waals surface area contributed by atoms with Crippen molar-refractivity contribution in [3.63, 3.8) is 0 Å². The minimum Gasteiger partial charge on any atom is -0.342 e. The second kappa shape index (κ2) is 5.35. The highest BCUT2D eigenvalue weighted by Gasteiger charge is 2.46. The fraction of sp³-hybridized carbons (Fsp3) is 0.467. The molecule has 1 saturated carbocycles. The number of amides is 2. The van der Waals surface area contributed by atoms with Crippen LogP contribution in [0.4, 0.5) is 5.69 Å². The zero-order valence-electron chi connectivity index (χ0n) is 11.3. The molecule has 4 nitrogen and oxygen atoms in total. The number of carbonyl (C=O) groups is 2. The Morgan fingerprint density at radius 1 is 1.35 bits per heavy atom. The van der Waals surface area contributed by atoms with Crippen molar-refractivity contribution in [3.05, 3.63) is 27.8 Å². The molecule has 1 aromatic carbocycles. The molecule has 0 bridgehead atoms. The van der Waals surface area contributed by atoms with E-state index in [4.69, 9.17) is 0 Å². The summed E-state index contributed by atoms with van der Waals surface area (Å²) in [6.45, 7) is 1.94. The molecule has 2 unspecified atom stereocenters. The molecule has 1 heterocycles. The van der Waals surface area contributed by atoms with Gasteiger partial charge in [-0.15, -0.1) is 0 Å². The van der Waals surface area contributed by atoms with E-state index >= 15 is 0 Å². The Bertz CT molecular complexity index is 557. The van der Waals surface area contributed by atoms with Crippen LogP contribution >= 0.6 is 22.6 Å². The van der Waals surface area contributed by atoms with Gasteiger partial charge >= 0.3 is 0 Å². The predicted molar refractivity (Wildman–Crippen MR) is 85.4 cm³/mol. The van der Waals surface area contributed by atoms with Gasteiger partial charge in [0.25, 0.3) is 5.91 Å². The first kappa shape index (κ1) is 13.9. The average Bonchev–Trinajstić information content (AvgIpc) is 3.24. The van der Waals surface area contributed by atoms with Gasteiger partial charge < -0.3 is 5.32 Å². The lowest BCUT2D eigenvalue weighted by molar-refractivity contribution is -0.134. The van der Waals surface area contributed by atoms with E-state index in [1.54, 1.807) is 4.90 Å². The minimum atomic E-state index is -0.393. The summed E-state index contributed by atoms with van der Waals surface area (Å²) < 4.78 is 1.07. The number of hydrogen-bond donors (Lipinski definition) is 1. The third kappa shape index (κ3) is 2.43. The lowest BCUT2D eigenvalue weighted by Gasteiger charge is -2.38. The molecule has 2 fully saturated rings. The van der Waals surface area contributed by atoms with Crippen molar-refractivity contribution in [1.82, 2.24) is 5.32 Å². The molecule has 2 atom stereocenters. The molecule has 2 amide bonds. The first-order valence-corrected chi connectivity index (χ1v) is 8.08. The van der Waals surface area contributed by atoms with Crippen LogP contribution in [0.15, 0.2) is 24.3 Å². The zero-order chi connectivity index (χ0) is 14.3. The highest BCUT2D eigenvalue weighted by atomic mass is 127. The molecule has 0 spiro atoms. The number of benzene rings is 1. The zero-order valence-corrected chi connectivity index (χ0v) is 13.5. The summed E-state index contributed by atoms with van der Waals surface area (Å²) in [5, 5.41) is 2.91. The largest absolute Gasteiger partial charge is 0.342 e. The monoisotopic (exact) mass is 384 g/mol. The van der Waals surface area contributed by atoms with E-state index in [2.05, 4.69) is 27.9 Å². The second-order valence-corrected chi connectivity index (χ2v) is 6.68. The van der Waals surface area contributed by atoms with Crippen LogP contribution in [-0.4, -0.2) is 23.9 Å². The normalized spacial score (nSPS) is 26.6. The highest BCUT2D eigenvalue weighted by Crippen LogP contribution is 2.36. The van der Waals surface area contributed by atoms with E-state index in [9.17, 15) is 9.59 Å². The van der Waals surface area contributed by atoms with Crippen molar-refractivity contribution in [2.75, 3.05) is 4.90 Å². The summed E-state index contributed by atoms with van der Waals surface area (Å²) in [6.07, 6.45) is 2.70. The lowest BCUT2D eigenvalue weighted by Crippen LogP contribution is -2.64. The summed E-state index contributed by atoms with van der Waals surface area (Å²) in [7, 11) is 0. The van der Waals surface area contributed by atoms with Crippen LogP contribution in [0.5, 0.6) is 0 Å². The van der Waals surface area contributed by atoms with Crippen LogP contribution in [0.3, 0.4) is 0 Å². The summed E-state index contributed by atoms with van der Waals surface area (Å²) in [5.41, 5.74) is 0.828. The maximum Gasteiger partial charge on any atom is 0.250 e. The standard InChI is InChI=1S/C15H17IN2O2/c1-2-12-14(19)17-13(9-6-7-9)15(20)18(12)11-5-3-4-10(16)8-11/h3-5,8-9,12-13H,2,6-7H2,1H3,(H,17,19). The maximum absolute atomic E-state index is 12.7. The Morgan fingerprint density at radius 2 is 2.10 bits per heavy atom. The molecular formula is C15H17IN2O2. The number of nitrogens with zero attached hydrogens (tertiary/aromatic N) is 1. The molecule has 1 saturated heterocycles. The Balaban J connectivity index is 1.98. The fourth-order valence-corrected chi connectivity index (χ4v) is 3.31. The number of carbonyl (C=O) groups excluding carboxylic acids is 2. The molecule has 1 N–H and O–H groups in total. The Hall–Kier alpha value is -1.11. The number of rotatable bonds is 3. The molecule has 1 aliphatic heterocycles. The van der Waals surface area contributed by atoms with Crippen molar-refractivity contribution in [1.29, 1.82) is 0 Å².